The van der Waals surface area contributed by atoms with Crippen LogP contribution in [-0.2, 0) is 33.2 Å². The van der Waals surface area contributed by atoms with Crippen molar-refractivity contribution in [3.8, 4) is 0 Å². The molecule has 14 atom stereocenters. The van der Waals surface area contributed by atoms with Gasteiger partial charge >= 0.3 is 11.9 Å². The number of aliphatic hydroxyl groups excluding tert-OH is 1. The van der Waals surface area contributed by atoms with Gasteiger partial charge in [0.05, 0.1) is 24.4 Å². The van der Waals surface area contributed by atoms with E-state index in [-0.39, 0.29) is 35.8 Å². The fourth-order valence-electron chi connectivity index (χ4n) is 11.7. The molecule has 5 saturated carbocycles. The van der Waals surface area contributed by atoms with Crippen LogP contribution in [-0.4, -0.2) is 112 Å². The Bertz CT molecular complexity index is 1280. The first kappa shape index (κ1) is 29.6. The molecule has 43 heavy (non-hydrogen) atoms. The van der Waals surface area contributed by atoms with Gasteiger partial charge in [-0.2, -0.15) is 0 Å². The molecule has 1 aliphatic heterocycles. The van der Waals surface area contributed by atoms with Gasteiger partial charge in [-0.1, -0.05) is 18.2 Å². The minimum absolute atomic E-state index is 0.107. The number of esters is 2. The largest absolute Gasteiger partial charge is 0.455 e. The minimum Gasteiger partial charge on any atom is -0.455 e. The lowest BCUT2D eigenvalue weighted by molar-refractivity contribution is -0.308. The number of carbonyl (C=O) groups excluding carboxylic acids is 2. The normalized spacial score (nSPS) is 50.3. The predicted octanol–water partition coefficient (Wildman–Crippen LogP) is 0.945. The van der Waals surface area contributed by atoms with Crippen molar-refractivity contribution in [3.05, 3.63) is 35.9 Å². The van der Waals surface area contributed by atoms with Crippen LogP contribution in [0.1, 0.15) is 36.5 Å². The number of ether oxygens (including phenoxy) is 6. The van der Waals surface area contributed by atoms with E-state index in [1.165, 1.54) is 14.0 Å². The molecule has 1 aromatic carbocycles. The van der Waals surface area contributed by atoms with Crippen LogP contribution in [0.4, 0.5) is 0 Å². The van der Waals surface area contributed by atoms with Crippen molar-refractivity contribution in [1.29, 1.82) is 0 Å². The van der Waals surface area contributed by atoms with Gasteiger partial charge in [0.15, 0.2) is 5.60 Å². The molecule has 1 spiro atoms. The quantitative estimate of drug-likeness (QED) is 0.367. The Kier molecular flexibility index (Phi) is 6.84. The van der Waals surface area contributed by atoms with Crippen molar-refractivity contribution in [2.75, 3.05) is 41.6 Å². The SMILES string of the molecule is COC[C@@]12CC[C@H](OC)[C@@]34[C@@H]5C[C@]6(O)[C@H](OC(=O)c7ccccc7)[C@@H]5[C@@](OC(C)=O)([C@@H]([C@H](OC)[C@H]13)[C@H]4NC2)[C@@H](O)[C@@H]6OC. The summed E-state index contributed by atoms with van der Waals surface area (Å²) >= 11 is 0. The van der Waals surface area contributed by atoms with Crippen LogP contribution in [0.3, 0.4) is 0 Å². The zero-order chi connectivity index (χ0) is 30.5. The van der Waals surface area contributed by atoms with E-state index >= 15 is 0 Å². The van der Waals surface area contributed by atoms with Crippen molar-refractivity contribution in [3.63, 3.8) is 0 Å². The van der Waals surface area contributed by atoms with Crippen LogP contribution in [0.15, 0.2) is 30.3 Å². The third kappa shape index (κ3) is 3.39. The summed E-state index contributed by atoms with van der Waals surface area (Å²) in [5.74, 6) is -3.00. The van der Waals surface area contributed by atoms with Crippen molar-refractivity contribution in [2.45, 2.75) is 73.9 Å². The zero-order valence-corrected chi connectivity index (χ0v) is 25.4. The Morgan fingerprint density at radius 1 is 1.02 bits per heavy atom. The number of aliphatic hydroxyl groups is 2. The van der Waals surface area contributed by atoms with E-state index in [0.29, 0.717) is 18.7 Å². The van der Waals surface area contributed by atoms with Gasteiger partial charge in [0, 0.05) is 76.5 Å². The number of fused-ring (bicyclic) bond motifs is 2. The number of carbonyl (C=O) groups is 2. The van der Waals surface area contributed by atoms with E-state index < -0.39 is 64.8 Å². The molecule has 3 N–H and O–H groups in total. The molecule has 11 nitrogen and oxygen atoms in total. The number of hydrogen-bond acceptors (Lipinski definition) is 11. The van der Waals surface area contributed by atoms with E-state index in [4.69, 9.17) is 28.4 Å². The van der Waals surface area contributed by atoms with Crippen molar-refractivity contribution in [1.82, 2.24) is 5.32 Å². The average molecular weight is 602 g/mol. The average Bonchev–Trinajstić information content (AvgIpc) is 3.34. The highest BCUT2D eigenvalue weighted by Crippen LogP contribution is 2.79. The van der Waals surface area contributed by atoms with Crippen molar-refractivity contribution in [2.24, 2.45) is 34.5 Å². The second-order valence-electron chi connectivity index (χ2n) is 13.7. The monoisotopic (exact) mass is 601 g/mol. The molecule has 0 aromatic heterocycles. The fourth-order valence-corrected chi connectivity index (χ4v) is 11.7. The summed E-state index contributed by atoms with van der Waals surface area (Å²) in [5.41, 5.74) is -3.95. The summed E-state index contributed by atoms with van der Waals surface area (Å²) in [6.07, 6.45) is -2.69. The van der Waals surface area contributed by atoms with Crippen LogP contribution in [0.25, 0.3) is 0 Å². The minimum atomic E-state index is -1.76. The first-order chi connectivity index (χ1) is 20.6. The lowest BCUT2D eigenvalue weighted by Crippen LogP contribution is -2.80. The second kappa shape index (κ2) is 9.94. The van der Waals surface area contributed by atoms with Crippen molar-refractivity contribution >= 4 is 11.9 Å². The van der Waals surface area contributed by atoms with Gasteiger partial charge in [-0.05, 0) is 37.3 Å². The molecule has 7 rings (SSSR count). The number of methoxy groups -OCH3 is 4. The lowest BCUT2D eigenvalue weighted by atomic mass is 9.43. The molecule has 0 amide bonds. The summed E-state index contributed by atoms with van der Waals surface area (Å²) in [6, 6.07) is 8.32. The molecule has 0 unspecified atom stereocenters. The number of rotatable bonds is 8. The Labute approximate surface area is 251 Å². The molecular formula is C32H43NO10. The van der Waals surface area contributed by atoms with E-state index in [0.717, 1.165) is 12.8 Å². The number of hydrogen-bond donors (Lipinski definition) is 3. The molecular weight excluding hydrogens is 558 g/mol. The van der Waals surface area contributed by atoms with Gasteiger partial charge in [0.2, 0.25) is 0 Å². The molecule has 1 saturated heterocycles. The maximum atomic E-state index is 13.6. The molecule has 236 valence electrons. The van der Waals surface area contributed by atoms with E-state index in [2.05, 4.69) is 5.32 Å². The Balaban J connectivity index is 1.49. The maximum absolute atomic E-state index is 13.6. The van der Waals surface area contributed by atoms with Crippen LogP contribution < -0.4 is 5.32 Å². The third-order valence-electron chi connectivity index (χ3n) is 12.4. The number of piperidine rings is 1. The van der Waals surface area contributed by atoms with Crippen LogP contribution in [0.5, 0.6) is 0 Å². The molecule has 0 radical (unpaired) electrons. The smallest absolute Gasteiger partial charge is 0.338 e. The highest BCUT2D eigenvalue weighted by molar-refractivity contribution is 5.89. The summed E-state index contributed by atoms with van der Waals surface area (Å²) in [6.45, 7) is 2.47. The molecule has 5 aliphatic carbocycles. The molecule has 1 aromatic rings. The van der Waals surface area contributed by atoms with Gasteiger partial charge in [0.25, 0.3) is 0 Å². The van der Waals surface area contributed by atoms with E-state index in [1.807, 2.05) is 0 Å². The predicted molar refractivity (Wildman–Crippen MR) is 150 cm³/mol. The van der Waals surface area contributed by atoms with Gasteiger partial charge < -0.3 is 44.0 Å². The lowest BCUT2D eigenvalue weighted by Gasteiger charge is -2.67. The summed E-state index contributed by atoms with van der Waals surface area (Å²) in [7, 11) is 6.50. The van der Waals surface area contributed by atoms with E-state index in [9.17, 15) is 19.8 Å². The fraction of sp³-hybridized carbons (Fsp3) is 0.750. The molecule has 6 fully saturated rings. The van der Waals surface area contributed by atoms with Gasteiger partial charge in [-0.15, -0.1) is 0 Å². The zero-order valence-electron chi connectivity index (χ0n) is 25.4. The first-order valence-electron chi connectivity index (χ1n) is 15.3. The van der Waals surface area contributed by atoms with Gasteiger partial charge in [-0.25, -0.2) is 4.79 Å². The number of nitrogens with one attached hydrogen (secondary N) is 1. The van der Waals surface area contributed by atoms with E-state index in [1.54, 1.807) is 51.7 Å². The highest BCUT2D eigenvalue weighted by Gasteiger charge is 2.91. The number of benzene rings is 1. The van der Waals surface area contributed by atoms with Crippen LogP contribution in [0.2, 0.25) is 0 Å². The topological polar surface area (TPSA) is 142 Å². The summed E-state index contributed by atoms with van der Waals surface area (Å²) in [5, 5.41) is 28.8. The molecule has 1 heterocycles. The first-order valence-corrected chi connectivity index (χ1v) is 15.3. The molecule has 11 heteroatoms. The second-order valence-corrected chi connectivity index (χ2v) is 13.7. The summed E-state index contributed by atoms with van der Waals surface area (Å²) in [4.78, 5) is 26.7. The Morgan fingerprint density at radius 2 is 1.77 bits per heavy atom. The maximum Gasteiger partial charge on any atom is 0.338 e. The Hall–Kier alpha value is -2.12. The van der Waals surface area contributed by atoms with Gasteiger partial charge in [0.1, 0.15) is 23.9 Å². The van der Waals surface area contributed by atoms with Crippen LogP contribution >= 0.6 is 0 Å². The molecule has 7 bridgehead atoms. The molecule has 6 aliphatic rings. The van der Waals surface area contributed by atoms with Crippen molar-refractivity contribution < 1.29 is 48.2 Å². The van der Waals surface area contributed by atoms with Crippen LogP contribution in [0, 0.1) is 34.5 Å². The third-order valence-corrected chi connectivity index (χ3v) is 12.4. The Morgan fingerprint density at radius 3 is 2.40 bits per heavy atom. The highest BCUT2D eigenvalue weighted by atomic mass is 16.6. The standard InChI is InChI=1S/C32H43NO10/c1-16(34)43-32-20-18(13-30(37,27(41-5)25(32)35)26(20)42-28(36)17-9-7-6-8-10-17)31-19(39-3)11-12-29(15-38-2)14-33-24(31)21(32)22(40-4)23(29)31/h6-10,18-27,33,35,37H,11-15H2,1-5H3/t18-,19+,20-,21+,22+,23-,24-,25+,26-,27+,29+,30+,31+,32-/m1/s1. The van der Waals surface area contributed by atoms with Gasteiger partial charge in [-0.3, -0.25) is 4.79 Å². The summed E-state index contributed by atoms with van der Waals surface area (Å²) < 4.78 is 37.2.